The van der Waals surface area contributed by atoms with E-state index in [0.29, 0.717) is 27.6 Å². The Kier molecular flexibility index (Phi) is 4.70. The highest BCUT2D eigenvalue weighted by molar-refractivity contribution is 5.89. The summed E-state index contributed by atoms with van der Waals surface area (Å²) in [6, 6.07) is 13.7. The fourth-order valence-corrected chi connectivity index (χ4v) is 4.16. The van der Waals surface area contributed by atoms with Gasteiger partial charge in [0.05, 0.1) is 30.6 Å². The number of rotatable bonds is 4. The standard InChI is InChI=1S/C24H19NO7/c1-3-30-24(28)21-18(15-11-12-10-13(29-2)8-9-16(12)25-22(15)26)19-20(32-21)14-6-4-5-7-17(14)31-23(19)27/h4-11,18,21H,3H2,1-2H3,(H,25,26). The number of hydrogen-bond acceptors (Lipinski definition) is 7. The summed E-state index contributed by atoms with van der Waals surface area (Å²) in [6.45, 7) is 1.80. The van der Waals surface area contributed by atoms with Crippen molar-refractivity contribution < 1.29 is 23.4 Å². The summed E-state index contributed by atoms with van der Waals surface area (Å²) < 4.78 is 21.9. The van der Waals surface area contributed by atoms with E-state index in [9.17, 15) is 14.4 Å². The Bertz CT molecular complexity index is 1480. The first-order valence-corrected chi connectivity index (χ1v) is 10.1. The second-order valence-electron chi connectivity index (χ2n) is 7.40. The van der Waals surface area contributed by atoms with Gasteiger partial charge in [0.25, 0.3) is 5.56 Å². The van der Waals surface area contributed by atoms with Gasteiger partial charge >= 0.3 is 11.6 Å². The predicted octanol–water partition coefficient (Wildman–Crippen LogP) is 3.10. The zero-order valence-corrected chi connectivity index (χ0v) is 17.3. The number of nitrogens with one attached hydrogen (secondary N) is 1. The monoisotopic (exact) mass is 433 g/mol. The Morgan fingerprint density at radius 3 is 2.72 bits per heavy atom. The number of esters is 1. The van der Waals surface area contributed by atoms with Gasteiger partial charge in [0.15, 0.2) is 0 Å². The fraction of sp³-hybridized carbons (Fsp3) is 0.208. The van der Waals surface area contributed by atoms with Crippen LogP contribution >= 0.6 is 0 Å². The average molecular weight is 433 g/mol. The molecule has 5 rings (SSSR count). The lowest BCUT2D eigenvalue weighted by Gasteiger charge is -2.17. The molecule has 0 saturated carbocycles. The van der Waals surface area contributed by atoms with Crippen molar-refractivity contribution in [2.45, 2.75) is 18.9 Å². The molecule has 3 heterocycles. The van der Waals surface area contributed by atoms with Crippen LogP contribution in [0.4, 0.5) is 0 Å². The van der Waals surface area contributed by atoms with Crippen molar-refractivity contribution in [1.82, 2.24) is 4.98 Å². The lowest BCUT2D eigenvalue weighted by molar-refractivity contribution is -0.151. The van der Waals surface area contributed by atoms with E-state index in [0.717, 1.165) is 0 Å². The lowest BCUT2D eigenvalue weighted by Crippen LogP contribution is -2.35. The van der Waals surface area contributed by atoms with Gasteiger partial charge in [-0.05, 0) is 43.3 Å². The number of methoxy groups -OCH3 is 1. The quantitative estimate of drug-likeness (QED) is 0.389. The number of para-hydroxylation sites is 1. The molecule has 32 heavy (non-hydrogen) atoms. The maximum Gasteiger partial charge on any atom is 0.348 e. The van der Waals surface area contributed by atoms with Gasteiger partial charge in [0.1, 0.15) is 17.1 Å². The number of ether oxygens (including phenoxy) is 3. The Morgan fingerprint density at radius 1 is 1.12 bits per heavy atom. The van der Waals surface area contributed by atoms with Crippen LogP contribution in [0.15, 0.2) is 62.5 Å². The van der Waals surface area contributed by atoms with Gasteiger partial charge in [-0.3, -0.25) is 4.79 Å². The highest BCUT2D eigenvalue weighted by Crippen LogP contribution is 2.44. The molecular weight excluding hydrogens is 414 g/mol. The fourth-order valence-electron chi connectivity index (χ4n) is 4.16. The maximum absolute atomic E-state index is 13.1. The molecular formula is C24H19NO7. The summed E-state index contributed by atoms with van der Waals surface area (Å²) >= 11 is 0. The predicted molar refractivity (Wildman–Crippen MR) is 116 cm³/mol. The van der Waals surface area contributed by atoms with E-state index >= 15 is 0 Å². The second kappa shape index (κ2) is 7.56. The zero-order chi connectivity index (χ0) is 22.4. The van der Waals surface area contributed by atoms with E-state index < -0.39 is 29.2 Å². The first-order valence-electron chi connectivity index (χ1n) is 10.1. The van der Waals surface area contributed by atoms with E-state index in [-0.39, 0.29) is 23.5 Å². The van der Waals surface area contributed by atoms with Crippen LogP contribution in [0.1, 0.15) is 24.0 Å². The Balaban J connectivity index is 1.79. The van der Waals surface area contributed by atoms with Gasteiger partial charge in [-0.2, -0.15) is 0 Å². The van der Waals surface area contributed by atoms with Crippen molar-refractivity contribution in [3.63, 3.8) is 0 Å². The second-order valence-corrected chi connectivity index (χ2v) is 7.40. The minimum atomic E-state index is -1.21. The van der Waals surface area contributed by atoms with Crippen LogP contribution in [0, 0.1) is 0 Å². The molecule has 162 valence electrons. The van der Waals surface area contributed by atoms with Crippen molar-refractivity contribution in [2.75, 3.05) is 13.7 Å². The maximum atomic E-state index is 13.1. The van der Waals surface area contributed by atoms with Crippen LogP contribution in [0.25, 0.3) is 21.9 Å². The summed E-state index contributed by atoms with van der Waals surface area (Å²) in [5.41, 5.74) is 0.139. The molecule has 1 aliphatic rings. The van der Waals surface area contributed by atoms with Crippen LogP contribution in [0.3, 0.4) is 0 Å². The molecule has 0 amide bonds. The highest BCUT2D eigenvalue weighted by atomic mass is 16.6. The highest BCUT2D eigenvalue weighted by Gasteiger charge is 2.46. The Hall–Kier alpha value is -4.07. The lowest BCUT2D eigenvalue weighted by atomic mass is 9.88. The number of carbonyl (C=O) groups is 1. The molecule has 1 N–H and O–H groups in total. The number of hydrogen-bond donors (Lipinski definition) is 1. The van der Waals surface area contributed by atoms with Crippen molar-refractivity contribution >= 4 is 27.8 Å². The largest absolute Gasteiger partial charge is 0.497 e. The smallest absolute Gasteiger partial charge is 0.348 e. The molecule has 2 atom stereocenters. The Morgan fingerprint density at radius 2 is 1.94 bits per heavy atom. The van der Waals surface area contributed by atoms with Crippen LogP contribution in [-0.2, 0) is 9.53 Å². The topological polar surface area (TPSA) is 108 Å². The van der Waals surface area contributed by atoms with Crippen molar-refractivity contribution in [3.8, 4) is 11.5 Å². The Labute approximate surface area is 181 Å². The molecule has 8 heteroatoms. The first-order chi connectivity index (χ1) is 15.5. The zero-order valence-electron chi connectivity index (χ0n) is 17.3. The molecule has 0 radical (unpaired) electrons. The SMILES string of the molecule is CCOC(=O)C1Oc2c(c(=O)oc3ccccc23)C1c1cc2cc(OC)ccc2[nH]c1=O. The van der Waals surface area contributed by atoms with E-state index in [1.807, 2.05) is 0 Å². The van der Waals surface area contributed by atoms with E-state index in [1.165, 1.54) is 0 Å². The molecule has 0 bridgehead atoms. The molecule has 0 fully saturated rings. The minimum Gasteiger partial charge on any atom is -0.497 e. The molecule has 0 saturated heterocycles. The third-order valence-electron chi connectivity index (χ3n) is 5.59. The van der Waals surface area contributed by atoms with Gasteiger partial charge in [-0.15, -0.1) is 0 Å². The third kappa shape index (κ3) is 3.03. The molecule has 4 aromatic rings. The minimum absolute atomic E-state index is 0.120. The summed E-state index contributed by atoms with van der Waals surface area (Å²) in [6.07, 6.45) is -1.21. The van der Waals surface area contributed by atoms with Crippen LogP contribution in [-0.4, -0.2) is 30.8 Å². The summed E-state index contributed by atoms with van der Waals surface area (Å²) in [7, 11) is 1.54. The number of pyridine rings is 1. The first kappa shape index (κ1) is 19.9. The summed E-state index contributed by atoms with van der Waals surface area (Å²) in [5, 5.41) is 1.22. The van der Waals surface area contributed by atoms with Crippen molar-refractivity contribution in [3.05, 3.63) is 80.4 Å². The van der Waals surface area contributed by atoms with E-state index in [2.05, 4.69) is 4.98 Å². The number of carbonyl (C=O) groups excluding carboxylic acids is 1. The molecule has 1 aliphatic heterocycles. The van der Waals surface area contributed by atoms with Gasteiger partial charge in [-0.1, -0.05) is 12.1 Å². The van der Waals surface area contributed by atoms with Gasteiger partial charge in [-0.25, -0.2) is 9.59 Å². The van der Waals surface area contributed by atoms with Crippen LogP contribution in [0.5, 0.6) is 11.5 Å². The number of aromatic nitrogens is 1. The molecule has 8 nitrogen and oxygen atoms in total. The van der Waals surface area contributed by atoms with Gasteiger partial charge in [0, 0.05) is 16.5 Å². The molecule has 0 spiro atoms. The van der Waals surface area contributed by atoms with Gasteiger partial charge in [0.2, 0.25) is 6.10 Å². The average Bonchev–Trinajstić information content (AvgIpc) is 3.20. The number of aromatic amines is 1. The summed E-state index contributed by atoms with van der Waals surface area (Å²) in [5.74, 6) is -0.831. The van der Waals surface area contributed by atoms with Crippen molar-refractivity contribution in [1.29, 1.82) is 0 Å². The van der Waals surface area contributed by atoms with Crippen molar-refractivity contribution in [2.24, 2.45) is 0 Å². The number of benzene rings is 2. The van der Waals surface area contributed by atoms with Gasteiger partial charge < -0.3 is 23.6 Å². The molecule has 2 aromatic heterocycles. The van der Waals surface area contributed by atoms with Crippen LogP contribution in [0.2, 0.25) is 0 Å². The van der Waals surface area contributed by atoms with E-state index in [4.69, 9.17) is 18.6 Å². The third-order valence-corrected chi connectivity index (χ3v) is 5.59. The summed E-state index contributed by atoms with van der Waals surface area (Å²) in [4.78, 5) is 41.7. The molecule has 2 aromatic carbocycles. The van der Waals surface area contributed by atoms with E-state index in [1.54, 1.807) is 62.6 Å². The number of fused-ring (bicyclic) bond motifs is 4. The number of H-pyrrole nitrogens is 1. The van der Waals surface area contributed by atoms with Crippen LogP contribution < -0.4 is 20.7 Å². The molecule has 2 unspecified atom stereocenters. The normalized spacial score (nSPS) is 17.2. The molecule has 0 aliphatic carbocycles.